The number of aromatic nitrogens is 1. The Hall–Kier alpha value is -2.49. The standard InChI is InChI=1S/C16H23NO.C4H6O2/c1-4-7-10-14-13-17(12-9-6-3)15(16(14)18)11-8-5-2;1-2-3-4(5)6/h7-13,18H,4-6H2,1-3H3;2H,1,3H2,(H,5,6)/p-1. The van der Waals surface area contributed by atoms with Crippen molar-refractivity contribution in [3.8, 4) is 5.75 Å². The van der Waals surface area contributed by atoms with Crippen molar-refractivity contribution in [1.29, 1.82) is 0 Å². The molecule has 0 aliphatic heterocycles. The minimum Gasteiger partial charge on any atom is -0.871 e. The molecule has 0 spiro atoms. The van der Waals surface area contributed by atoms with E-state index in [1.165, 1.54) is 6.08 Å². The molecule has 1 N–H and O–H groups in total. The van der Waals surface area contributed by atoms with E-state index in [0.717, 1.165) is 30.5 Å². The van der Waals surface area contributed by atoms with Crippen LogP contribution >= 0.6 is 0 Å². The summed E-state index contributed by atoms with van der Waals surface area (Å²) in [6, 6.07) is 0. The quantitative estimate of drug-likeness (QED) is 0.687. The Morgan fingerprint density at radius 2 is 1.75 bits per heavy atom. The molecule has 0 fully saturated rings. The Morgan fingerprint density at radius 3 is 2.21 bits per heavy atom. The Kier molecular flexibility index (Phi) is 11.6. The molecule has 0 aliphatic carbocycles. The van der Waals surface area contributed by atoms with Crippen LogP contribution in [0.15, 0.2) is 37.1 Å². The van der Waals surface area contributed by atoms with Crippen molar-refractivity contribution in [3.63, 3.8) is 0 Å². The van der Waals surface area contributed by atoms with Crippen molar-refractivity contribution in [1.82, 2.24) is 4.57 Å². The van der Waals surface area contributed by atoms with Gasteiger partial charge in [-0.25, -0.2) is 0 Å². The monoisotopic (exact) mass is 330 g/mol. The third-order valence-corrected chi connectivity index (χ3v) is 2.92. The van der Waals surface area contributed by atoms with Crippen LogP contribution in [-0.2, 0) is 4.79 Å². The molecule has 0 atom stereocenters. The summed E-state index contributed by atoms with van der Waals surface area (Å²) >= 11 is 0. The zero-order valence-electron chi connectivity index (χ0n) is 14.9. The molecule has 1 aromatic rings. The number of hydrogen-bond donors (Lipinski definition) is 1. The predicted molar refractivity (Wildman–Crippen MR) is 101 cm³/mol. The highest BCUT2D eigenvalue weighted by molar-refractivity contribution is 5.68. The zero-order valence-corrected chi connectivity index (χ0v) is 14.9. The molecule has 0 radical (unpaired) electrons. The fraction of sp³-hybridized carbons (Fsp3) is 0.350. The highest BCUT2D eigenvalue weighted by atomic mass is 16.4. The van der Waals surface area contributed by atoms with Crippen LogP contribution in [0.3, 0.4) is 0 Å². The molecule has 1 aromatic heterocycles. The normalized spacial score (nSPS) is 11.1. The molecule has 0 aromatic carbocycles. The third kappa shape index (κ3) is 8.22. The lowest BCUT2D eigenvalue weighted by Gasteiger charge is -2.07. The lowest BCUT2D eigenvalue weighted by Crippen LogP contribution is -1.94. The molecule has 0 bridgehead atoms. The molecular formula is C20H28NO3-. The molecule has 4 heteroatoms. The lowest BCUT2D eigenvalue weighted by molar-refractivity contribution is -0.268. The van der Waals surface area contributed by atoms with Gasteiger partial charge in [0.25, 0.3) is 0 Å². The van der Waals surface area contributed by atoms with E-state index in [-0.39, 0.29) is 12.2 Å². The van der Waals surface area contributed by atoms with Gasteiger partial charge < -0.3 is 14.8 Å². The van der Waals surface area contributed by atoms with E-state index in [2.05, 4.69) is 33.4 Å². The summed E-state index contributed by atoms with van der Waals surface area (Å²) in [4.78, 5) is 9.53. The Morgan fingerprint density at radius 1 is 1.17 bits per heavy atom. The fourth-order valence-corrected chi connectivity index (χ4v) is 1.76. The first-order chi connectivity index (χ1) is 11.5. The first kappa shape index (κ1) is 21.5. The van der Waals surface area contributed by atoms with Gasteiger partial charge in [0.2, 0.25) is 0 Å². The van der Waals surface area contributed by atoms with Crippen LogP contribution in [0.1, 0.15) is 57.7 Å². The van der Waals surface area contributed by atoms with Gasteiger partial charge in [-0.15, -0.1) is 6.58 Å². The fourth-order valence-electron chi connectivity index (χ4n) is 1.76. The largest absolute Gasteiger partial charge is 0.871 e. The number of hydrogen-bond acceptors (Lipinski definition) is 2. The number of aliphatic carboxylic acids is 1. The molecule has 24 heavy (non-hydrogen) atoms. The van der Waals surface area contributed by atoms with E-state index < -0.39 is 5.97 Å². The van der Waals surface area contributed by atoms with E-state index in [1.54, 1.807) is 0 Å². The van der Waals surface area contributed by atoms with Crippen LogP contribution in [-0.4, -0.2) is 15.6 Å². The second-order valence-electron chi connectivity index (χ2n) is 5.01. The zero-order chi connectivity index (χ0) is 18.4. The third-order valence-electron chi connectivity index (χ3n) is 2.92. The SMILES string of the molecule is C=CCC(=O)O.CCC=Cc1cn(C=CCC)c(C=CCC)c1[O-]. The maximum atomic E-state index is 12.2. The van der Waals surface area contributed by atoms with Gasteiger partial charge in [0.1, 0.15) is 0 Å². The molecule has 0 amide bonds. The maximum absolute atomic E-state index is 12.2. The first-order valence-electron chi connectivity index (χ1n) is 8.25. The second-order valence-corrected chi connectivity index (χ2v) is 5.01. The molecule has 4 nitrogen and oxygen atoms in total. The summed E-state index contributed by atoms with van der Waals surface area (Å²) < 4.78 is 1.91. The summed E-state index contributed by atoms with van der Waals surface area (Å²) in [5.74, 6) is -0.727. The van der Waals surface area contributed by atoms with Crippen LogP contribution in [0.4, 0.5) is 0 Å². The Bertz CT molecular complexity index is 592. The second kappa shape index (κ2) is 13.0. The van der Waals surface area contributed by atoms with Gasteiger partial charge in [-0.2, -0.15) is 0 Å². The van der Waals surface area contributed by atoms with Crippen LogP contribution in [0.5, 0.6) is 5.75 Å². The maximum Gasteiger partial charge on any atom is 0.307 e. The van der Waals surface area contributed by atoms with Crippen molar-refractivity contribution in [3.05, 3.63) is 48.3 Å². The number of carboxylic acids is 1. The van der Waals surface area contributed by atoms with E-state index >= 15 is 0 Å². The van der Waals surface area contributed by atoms with Gasteiger partial charge in [0.05, 0.1) is 6.42 Å². The predicted octanol–water partition coefficient (Wildman–Crippen LogP) is 4.94. The van der Waals surface area contributed by atoms with Gasteiger partial charge in [0.15, 0.2) is 0 Å². The number of rotatable bonds is 8. The van der Waals surface area contributed by atoms with Crippen molar-refractivity contribution in [2.75, 3.05) is 0 Å². The summed E-state index contributed by atoms with van der Waals surface area (Å²) in [5.41, 5.74) is 1.49. The summed E-state index contributed by atoms with van der Waals surface area (Å²) in [6.07, 6.45) is 18.0. The number of carbonyl (C=O) groups is 1. The topological polar surface area (TPSA) is 65.3 Å². The van der Waals surface area contributed by atoms with E-state index in [1.807, 2.05) is 41.3 Å². The van der Waals surface area contributed by atoms with Crippen LogP contribution in [0.25, 0.3) is 18.4 Å². The Balaban J connectivity index is 0.000000754. The first-order valence-corrected chi connectivity index (χ1v) is 8.25. The average molecular weight is 330 g/mol. The van der Waals surface area contributed by atoms with Gasteiger partial charge >= 0.3 is 5.97 Å². The molecule has 0 saturated carbocycles. The van der Waals surface area contributed by atoms with Crippen LogP contribution in [0.2, 0.25) is 0 Å². The van der Waals surface area contributed by atoms with E-state index in [9.17, 15) is 9.90 Å². The number of carboxylic acid groups (broad SMARTS) is 1. The number of nitrogens with zero attached hydrogens (tertiary/aromatic N) is 1. The van der Waals surface area contributed by atoms with E-state index in [4.69, 9.17) is 5.11 Å². The van der Waals surface area contributed by atoms with Gasteiger partial charge in [-0.3, -0.25) is 4.79 Å². The Labute approximate surface area is 145 Å². The van der Waals surface area contributed by atoms with Crippen molar-refractivity contribution < 1.29 is 15.0 Å². The summed E-state index contributed by atoms with van der Waals surface area (Å²) in [6.45, 7) is 9.43. The van der Waals surface area contributed by atoms with Gasteiger partial charge in [0, 0.05) is 18.1 Å². The molecular weight excluding hydrogens is 302 g/mol. The van der Waals surface area contributed by atoms with Gasteiger partial charge in [-0.1, -0.05) is 56.9 Å². The minimum absolute atomic E-state index is 0.0556. The van der Waals surface area contributed by atoms with Crippen LogP contribution < -0.4 is 5.11 Å². The van der Waals surface area contributed by atoms with Crippen molar-refractivity contribution in [2.45, 2.75) is 46.5 Å². The van der Waals surface area contributed by atoms with Crippen LogP contribution in [0, 0.1) is 0 Å². The molecule has 1 rings (SSSR count). The number of allylic oxidation sites excluding steroid dienone is 3. The summed E-state index contributed by atoms with van der Waals surface area (Å²) in [5, 5.41) is 20.0. The van der Waals surface area contributed by atoms with E-state index in [0.29, 0.717) is 0 Å². The highest BCUT2D eigenvalue weighted by Crippen LogP contribution is 2.25. The van der Waals surface area contributed by atoms with Gasteiger partial charge in [-0.05, 0) is 30.9 Å². The van der Waals surface area contributed by atoms with Crippen molar-refractivity contribution >= 4 is 24.3 Å². The smallest absolute Gasteiger partial charge is 0.307 e. The lowest BCUT2D eigenvalue weighted by atomic mass is 10.2. The molecule has 0 unspecified atom stereocenters. The molecule has 132 valence electrons. The minimum atomic E-state index is -0.829. The molecule has 1 heterocycles. The molecule has 0 saturated heterocycles. The highest BCUT2D eigenvalue weighted by Gasteiger charge is 2.02. The molecule has 0 aliphatic rings. The van der Waals surface area contributed by atoms with Crippen molar-refractivity contribution in [2.24, 2.45) is 0 Å². The average Bonchev–Trinajstić information content (AvgIpc) is 2.84. The summed E-state index contributed by atoms with van der Waals surface area (Å²) in [7, 11) is 0.